The van der Waals surface area contributed by atoms with Crippen LogP contribution in [0.2, 0.25) is 0 Å². The molecule has 3 aromatic carbocycles. The quantitative estimate of drug-likeness (QED) is 0.196. The van der Waals surface area contributed by atoms with Gasteiger partial charge in [0.05, 0.1) is 11.0 Å². The number of rotatable bonds is 8. The van der Waals surface area contributed by atoms with Gasteiger partial charge in [0, 0.05) is 51.8 Å². The Bertz CT molecular complexity index is 1800. The van der Waals surface area contributed by atoms with Crippen molar-refractivity contribution < 1.29 is 53.5 Å². The molecule has 0 radical (unpaired) electrons. The van der Waals surface area contributed by atoms with E-state index in [0.717, 1.165) is 43.3 Å². The summed E-state index contributed by atoms with van der Waals surface area (Å²) >= 11 is 0. The SMILES string of the molecule is CC(=O)N1CCN(C(=O)N2CC[C@](c3ccc(C(OC(C)Cc4ccccc4)(C(F)(F)F)C(F)(F)F)cc3)(S(=O)(=O)c3ccc(F)cc3)C2)CC1. The standard InChI is InChI=1S/C35H36F7N3O5S/c1-24(22-26-6-4-3-5-7-26)50-33(34(37,38)39,35(40,41)42)28-10-8-27(9-11-28)32(51(48,49)30-14-12-29(36)13-15-30)16-17-45(23-32)31(47)44-20-18-43(19-21-44)25(2)46/h3-15,24H,16-23H2,1-2H3/t24?,32-/m0/s1. The van der Waals surface area contributed by atoms with Crippen LogP contribution < -0.4 is 0 Å². The van der Waals surface area contributed by atoms with Crippen LogP contribution in [0.1, 0.15) is 37.0 Å². The molecule has 0 spiro atoms. The van der Waals surface area contributed by atoms with Crippen molar-refractivity contribution in [3.63, 3.8) is 0 Å². The van der Waals surface area contributed by atoms with E-state index in [2.05, 4.69) is 0 Å². The summed E-state index contributed by atoms with van der Waals surface area (Å²) in [6, 6.07) is 14.1. The van der Waals surface area contributed by atoms with Crippen molar-refractivity contribution >= 4 is 21.8 Å². The summed E-state index contributed by atoms with van der Waals surface area (Å²) in [4.78, 5) is 29.2. The smallest absolute Gasteiger partial charge is 0.351 e. The van der Waals surface area contributed by atoms with Crippen LogP contribution in [-0.4, -0.2) is 92.8 Å². The summed E-state index contributed by atoms with van der Waals surface area (Å²) in [7, 11) is -4.55. The number of carbonyl (C=O) groups excluding carboxylic acids is 2. The van der Waals surface area contributed by atoms with Crippen molar-refractivity contribution in [2.75, 3.05) is 39.3 Å². The van der Waals surface area contributed by atoms with Crippen LogP contribution in [0, 0.1) is 5.82 Å². The minimum Gasteiger partial charge on any atom is -0.351 e. The first-order chi connectivity index (χ1) is 23.8. The van der Waals surface area contributed by atoms with Gasteiger partial charge in [0.25, 0.3) is 5.60 Å². The van der Waals surface area contributed by atoms with Crippen molar-refractivity contribution in [1.82, 2.24) is 14.7 Å². The molecule has 0 saturated carbocycles. The average molecular weight is 744 g/mol. The average Bonchev–Trinajstić information content (AvgIpc) is 3.54. The van der Waals surface area contributed by atoms with E-state index < -0.39 is 62.6 Å². The van der Waals surface area contributed by atoms with Crippen LogP contribution in [0.5, 0.6) is 0 Å². The third-order valence-corrected chi connectivity index (χ3v) is 12.0. The maximum absolute atomic E-state index is 14.7. The molecule has 3 aromatic rings. The number of amides is 3. The number of sulfone groups is 1. The van der Waals surface area contributed by atoms with E-state index in [1.54, 1.807) is 35.2 Å². The van der Waals surface area contributed by atoms with Gasteiger partial charge in [-0.25, -0.2) is 17.6 Å². The summed E-state index contributed by atoms with van der Waals surface area (Å²) in [5.41, 5.74) is -5.79. The molecule has 1 unspecified atom stereocenters. The Labute approximate surface area is 290 Å². The van der Waals surface area contributed by atoms with Gasteiger partial charge in [-0.2, -0.15) is 26.3 Å². The second-order valence-electron chi connectivity index (χ2n) is 12.8. The predicted octanol–water partition coefficient (Wildman–Crippen LogP) is 6.45. The highest BCUT2D eigenvalue weighted by atomic mass is 32.2. The molecule has 2 aliphatic rings. The lowest BCUT2D eigenvalue weighted by Crippen LogP contribution is -2.57. The topological polar surface area (TPSA) is 87.2 Å². The van der Waals surface area contributed by atoms with E-state index >= 15 is 0 Å². The first-order valence-corrected chi connectivity index (χ1v) is 17.6. The van der Waals surface area contributed by atoms with Gasteiger partial charge in [0.2, 0.25) is 5.91 Å². The van der Waals surface area contributed by atoms with Crippen molar-refractivity contribution in [2.45, 2.75) is 60.4 Å². The van der Waals surface area contributed by atoms with Gasteiger partial charge in [-0.1, -0.05) is 54.6 Å². The van der Waals surface area contributed by atoms with Crippen molar-refractivity contribution in [3.05, 3.63) is 101 Å². The Morgan fingerprint density at radius 1 is 0.784 bits per heavy atom. The van der Waals surface area contributed by atoms with Crippen LogP contribution in [0.4, 0.5) is 35.5 Å². The molecule has 0 bridgehead atoms. The van der Waals surface area contributed by atoms with Crippen LogP contribution in [-0.2, 0) is 36.1 Å². The third kappa shape index (κ3) is 7.16. The molecule has 5 rings (SSSR count). The third-order valence-electron chi connectivity index (χ3n) is 9.50. The summed E-state index contributed by atoms with van der Waals surface area (Å²) in [6.45, 7) is 2.71. The molecule has 0 N–H and O–H groups in total. The lowest BCUT2D eigenvalue weighted by molar-refractivity contribution is -0.397. The van der Waals surface area contributed by atoms with Crippen LogP contribution >= 0.6 is 0 Å². The summed E-state index contributed by atoms with van der Waals surface area (Å²) in [5.74, 6) is -0.912. The Morgan fingerprint density at radius 2 is 1.33 bits per heavy atom. The monoisotopic (exact) mass is 743 g/mol. The fourth-order valence-electron chi connectivity index (χ4n) is 6.80. The minimum atomic E-state index is -5.99. The van der Waals surface area contributed by atoms with Crippen LogP contribution in [0.15, 0.2) is 83.8 Å². The fraction of sp³-hybridized carbons (Fsp3) is 0.429. The highest BCUT2D eigenvalue weighted by Crippen LogP contribution is 2.54. The minimum absolute atomic E-state index is 0.122. The number of halogens is 7. The van der Waals surface area contributed by atoms with Crippen molar-refractivity contribution in [1.29, 1.82) is 0 Å². The van der Waals surface area contributed by atoms with Crippen molar-refractivity contribution in [3.8, 4) is 0 Å². The lowest BCUT2D eigenvalue weighted by atomic mass is 9.88. The molecule has 2 saturated heterocycles. The van der Waals surface area contributed by atoms with E-state index in [4.69, 9.17) is 4.74 Å². The second kappa shape index (κ2) is 14.1. The zero-order valence-electron chi connectivity index (χ0n) is 27.7. The summed E-state index contributed by atoms with van der Waals surface area (Å²) in [6.07, 6.45) is -14.1. The van der Waals surface area contributed by atoms with E-state index in [1.807, 2.05) is 0 Å². The Hall–Kier alpha value is -4.18. The predicted molar refractivity (Wildman–Crippen MR) is 172 cm³/mol. The van der Waals surface area contributed by atoms with Crippen molar-refractivity contribution in [2.24, 2.45) is 0 Å². The highest BCUT2D eigenvalue weighted by Gasteiger charge is 2.74. The number of nitrogens with zero attached hydrogens (tertiary/aromatic N) is 3. The number of urea groups is 1. The van der Waals surface area contributed by atoms with Gasteiger partial charge < -0.3 is 19.4 Å². The lowest BCUT2D eigenvalue weighted by Gasteiger charge is -2.40. The number of benzene rings is 3. The van der Waals surface area contributed by atoms with Crippen LogP contribution in [0.25, 0.3) is 0 Å². The Morgan fingerprint density at radius 3 is 1.86 bits per heavy atom. The Kier molecular flexibility index (Phi) is 10.5. The van der Waals surface area contributed by atoms with E-state index in [-0.39, 0.29) is 61.9 Å². The normalized spacial score (nSPS) is 19.7. The zero-order valence-corrected chi connectivity index (χ0v) is 28.5. The molecule has 2 heterocycles. The van der Waals surface area contributed by atoms with E-state index in [9.17, 15) is 48.7 Å². The Balaban J connectivity index is 1.54. The molecule has 3 amide bonds. The fourth-order valence-corrected chi connectivity index (χ4v) is 8.87. The summed E-state index contributed by atoms with van der Waals surface area (Å²) in [5, 5.41) is 0. The molecular weight excluding hydrogens is 707 g/mol. The molecular formula is C35H36F7N3O5S. The molecule has 0 aliphatic carbocycles. The van der Waals surface area contributed by atoms with Gasteiger partial charge >= 0.3 is 18.4 Å². The number of alkyl halides is 6. The van der Waals surface area contributed by atoms with Gasteiger partial charge in [-0.15, -0.1) is 0 Å². The second-order valence-corrected chi connectivity index (χ2v) is 15.0. The summed E-state index contributed by atoms with van der Waals surface area (Å²) < 4.78 is 134. The number of carbonyl (C=O) groups is 2. The van der Waals surface area contributed by atoms with Gasteiger partial charge in [-0.05, 0) is 55.2 Å². The van der Waals surface area contributed by atoms with E-state index in [0.29, 0.717) is 17.7 Å². The molecule has 8 nitrogen and oxygen atoms in total. The van der Waals surface area contributed by atoms with Gasteiger partial charge in [-0.3, -0.25) is 4.79 Å². The number of piperazine rings is 1. The van der Waals surface area contributed by atoms with Gasteiger partial charge in [0.1, 0.15) is 10.6 Å². The first-order valence-electron chi connectivity index (χ1n) is 16.1. The first kappa shape index (κ1) is 38.1. The number of ether oxygens (including phenoxy) is 1. The molecule has 0 aromatic heterocycles. The molecule has 276 valence electrons. The maximum atomic E-state index is 14.7. The van der Waals surface area contributed by atoms with Gasteiger partial charge in [0.15, 0.2) is 9.84 Å². The highest BCUT2D eigenvalue weighted by molar-refractivity contribution is 7.92. The zero-order chi connectivity index (χ0) is 37.4. The van der Waals surface area contributed by atoms with E-state index in [1.165, 1.54) is 16.7 Å². The molecule has 51 heavy (non-hydrogen) atoms. The van der Waals surface area contributed by atoms with Crippen LogP contribution in [0.3, 0.4) is 0 Å². The molecule has 2 aliphatic heterocycles. The molecule has 2 fully saturated rings. The maximum Gasteiger partial charge on any atom is 0.430 e. The molecule has 16 heteroatoms. The number of hydrogen-bond acceptors (Lipinski definition) is 5. The number of hydrogen-bond donors (Lipinski definition) is 0. The largest absolute Gasteiger partial charge is 0.430 e. The molecule has 2 atom stereocenters. The number of likely N-dealkylation sites (tertiary alicyclic amines) is 1.